The highest BCUT2D eigenvalue weighted by Crippen LogP contribution is 2.30. The second kappa shape index (κ2) is 4.33. The lowest BCUT2D eigenvalue weighted by atomic mass is 10.1. The van der Waals surface area contributed by atoms with Crippen molar-refractivity contribution in [2.45, 2.75) is 17.1 Å². The van der Waals surface area contributed by atoms with Crippen LogP contribution in [-0.2, 0) is 4.74 Å². The van der Waals surface area contributed by atoms with Crippen molar-refractivity contribution in [1.29, 1.82) is 0 Å². The number of thioether (sulfide) groups is 1. The first-order valence-corrected chi connectivity index (χ1v) is 5.59. The lowest BCUT2D eigenvalue weighted by Crippen LogP contribution is -2.30. The van der Waals surface area contributed by atoms with E-state index >= 15 is 0 Å². The largest absolute Gasteiger partial charge is 0.379 e. The molecule has 1 saturated heterocycles. The van der Waals surface area contributed by atoms with Crippen LogP contribution in [0, 0.1) is 5.82 Å². The first kappa shape index (κ1) is 10.6. The molecular formula is C11H11FO2S. The Labute approximate surface area is 91.8 Å². The van der Waals surface area contributed by atoms with Crippen LogP contribution in [0.5, 0.6) is 0 Å². The molecule has 2 rings (SSSR count). The Morgan fingerprint density at radius 3 is 2.73 bits per heavy atom. The summed E-state index contributed by atoms with van der Waals surface area (Å²) >= 11 is 1.47. The molecule has 2 nitrogen and oxygen atoms in total. The number of benzene rings is 1. The molecule has 80 valence electrons. The van der Waals surface area contributed by atoms with Gasteiger partial charge in [-0.25, -0.2) is 4.39 Å². The lowest BCUT2D eigenvalue weighted by Gasteiger charge is -2.25. The van der Waals surface area contributed by atoms with Gasteiger partial charge in [0.2, 0.25) is 0 Å². The number of hydrogen-bond donors (Lipinski definition) is 0. The SMILES string of the molecule is CC(=O)c1ccc(SC2COC2)c(F)c1. The van der Waals surface area contributed by atoms with Crippen LogP contribution in [0.2, 0.25) is 0 Å². The van der Waals surface area contributed by atoms with Crippen molar-refractivity contribution in [3.63, 3.8) is 0 Å². The topological polar surface area (TPSA) is 26.3 Å². The Morgan fingerprint density at radius 2 is 2.27 bits per heavy atom. The molecule has 0 atom stereocenters. The van der Waals surface area contributed by atoms with Gasteiger partial charge in [-0.2, -0.15) is 0 Å². The van der Waals surface area contributed by atoms with Crippen LogP contribution >= 0.6 is 11.8 Å². The Kier molecular flexibility index (Phi) is 3.07. The molecule has 1 fully saturated rings. The number of ether oxygens (including phenoxy) is 1. The quantitative estimate of drug-likeness (QED) is 0.741. The predicted octanol–water partition coefficient (Wildman–Crippen LogP) is 2.52. The van der Waals surface area contributed by atoms with Crippen molar-refractivity contribution in [2.75, 3.05) is 13.2 Å². The van der Waals surface area contributed by atoms with Gasteiger partial charge in [0.05, 0.1) is 18.5 Å². The highest BCUT2D eigenvalue weighted by molar-refractivity contribution is 8.00. The second-order valence-electron chi connectivity index (χ2n) is 3.48. The number of rotatable bonds is 3. The van der Waals surface area contributed by atoms with Crippen LogP contribution in [0.1, 0.15) is 17.3 Å². The fourth-order valence-electron chi connectivity index (χ4n) is 1.28. The Balaban J connectivity index is 2.14. The highest BCUT2D eigenvalue weighted by Gasteiger charge is 2.21. The molecule has 0 aromatic heterocycles. The van der Waals surface area contributed by atoms with Gasteiger partial charge in [0.15, 0.2) is 5.78 Å². The van der Waals surface area contributed by atoms with E-state index in [2.05, 4.69) is 0 Å². The zero-order valence-electron chi connectivity index (χ0n) is 8.33. The van der Waals surface area contributed by atoms with Crippen molar-refractivity contribution in [2.24, 2.45) is 0 Å². The number of carbonyl (C=O) groups excluding carboxylic acids is 1. The molecule has 1 aromatic carbocycles. The third-order valence-corrected chi connectivity index (χ3v) is 3.43. The Bertz CT molecular complexity index is 388. The van der Waals surface area contributed by atoms with E-state index in [9.17, 15) is 9.18 Å². The summed E-state index contributed by atoms with van der Waals surface area (Å²) in [6.07, 6.45) is 0. The van der Waals surface area contributed by atoms with Gasteiger partial charge in [0, 0.05) is 10.5 Å². The van der Waals surface area contributed by atoms with Gasteiger partial charge in [-0.05, 0) is 19.1 Å². The fraction of sp³-hybridized carbons (Fsp3) is 0.364. The van der Waals surface area contributed by atoms with E-state index in [-0.39, 0.29) is 11.6 Å². The van der Waals surface area contributed by atoms with Crippen LogP contribution in [0.3, 0.4) is 0 Å². The van der Waals surface area contributed by atoms with Gasteiger partial charge in [0.1, 0.15) is 5.82 Å². The maximum absolute atomic E-state index is 13.5. The van der Waals surface area contributed by atoms with Crippen molar-refractivity contribution in [3.05, 3.63) is 29.6 Å². The molecule has 0 spiro atoms. The van der Waals surface area contributed by atoms with E-state index in [1.807, 2.05) is 0 Å². The smallest absolute Gasteiger partial charge is 0.159 e. The molecule has 4 heteroatoms. The summed E-state index contributed by atoms with van der Waals surface area (Å²) in [6.45, 7) is 2.79. The number of hydrogen-bond acceptors (Lipinski definition) is 3. The van der Waals surface area contributed by atoms with Crippen molar-refractivity contribution in [1.82, 2.24) is 0 Å². The van der Waals surface area contributed by atoms with E-state index in [0.717, 1.165) is 0 Å². The lowest BCUT2D eigenvalue weighted by molar-refractivity contribution is 0.0455. The van der Waals surface area contributed by atoms with E-state index in [0.29, 0.717) is 28.9 Å². The summed E-state index contributed by atoms with van der Waals surface area (Å²) in [6, 6.07) is 4.62. The van der Waals surface area contributed by atoms with E-state index < -0.39 is 0 Å². The van der Waals surface area contributed by atoms with Crippen molar-refractivity contribution < 1.29 is 13.9 Å². The first-order valence-electron chi connectivity index (χ1n) is 4.71. The minimum Gasteiger partial charge on any atom is -0.379 e. The van der Waals surface area contributed by atoms with Gasteiger partial charge in [-0.1, -0.05) is 6.07 Å². The molecule has 1 aliphatic heterocycles. The summed E-state index contributed by atoms with van der Waals surface area (Å²) in [5, 5.41) is 0.350. The number of carbonyl (C=O) groups is 1. The maximum Gasteiger partial charge on any atom is 0.159 e. The van der Waals surface area contributed by atoms with Crippen LogP contribution in [0.25, 0.3) is 0 Å². The number of Topliss-reactive ketones (excluding diaryl/α,β-unsaturated/α-hetero) is 1. The first-order chi connectivity index (χ1) is 7.16. The molecule has 1 aromatic rings. The normalized spacial score (nSPS) is 16.1. The minimum atomic E-state index is -0.320. The Morgan fingerprint density at radius 1 is 1.53 bits per heavy atom. The van der Waals surface area contributed by atoms with Gasteiger partial charge in [-0.3, -0.25) is 4.79 Å². The maximum atomic E-state index is 13.5. The molecule has 1 heterocycles. The monoisotopic (exact) mass is 226 g/mol. The van der Waals surface area contributed by atoms with Crippen LogP contribution in [0.15, 0.2) is 23.1 Å². The standard InChI is InChI=1S/C11H11FO2S/c1-7(13)8-2-3-11(10(12)4-8)15-9-5-14-6-9/h2-4,9H,5-6H2,1H3. The third-order valence-electron chi connectivity index (χ3n) is 2.24. The molecule has 0 unspecified atom stereocenters. The van der Waals surface area contributed by atoms with E-state index in [1.165, 1.54) is 24.8 Å². The summed E-state index contributed by atoms with van der Waals surface area (Å²) in [7, 11) is 0. The molecule has 0 radical (unpaired) electrons. The summed E-state index contributed by atoms with van der Waals surface area (Å²) in [5.41, 5.74) is 0.418. The van der Waals surface area contributed by atoms with E-state index in [4.69, 9.17) is 4.74 Å². The van der Waals surface area contributed by atoms with Gasteiger partial charge < -0.3 is 4.74 Å². The molecule has 0 amide bonds. The van der Waals surface area contributed by atoms with Crippen molar-refractivity contribution >= 4 is 17.5 Å². The van der Waals surface area contributed by atoms with Crippen molar-refractivity contribution in [3.8, 4) is 0 Å². The van der Waals surface area contributed by atoms with Crippen LogP contribution < -0.4 is 0 Å². The average molecular weight is 226 g/mol. The fourth-order valence-corrected chi connectivity index (χ4v) is 2.28. The highest BCUT2D eigenvalue weighted by atomic mass is 32.2. The minimum absolute atomic E-state index is 0.113. The summed E-state index contributed by atoms with van der Waals surface area (Å²) in [5.74, 6) is -0.433. The average Bonchev–Trinajstić information content (AvgIpc) is 2.12. The zero-order valence-corrected chi connectivity index (χ0v) is 9.14. The van der Waals surface area contributed by atoms with E-state index in [1.54, 1.807) is 12.1 Å². The Hall–Kier alpha value is -0.870. The molecule has 0 saturated carbocycles. The molecule has 0 aliphatic carbocycles. The van der Waals surface area contributed by atoms with Gasteiger partial charge >= 0.3 is 0 Å². The molecule has 1 aliphatic rings. The predicted molar refractivity (Wildman–Crippen MR) is 56.9 cm³/mol. The number of ketones is 1. The number of halogens is 1. The molecule has 15 heavy (non-hydrogen) atoms. The molecular weight excluding hydrogens is 215 g/mol. The van der Waals surface area contributed by atoms with Gasteiger partial charge in [0.25, 0.3) is 0 Å². The van der Waals surface area contributed by atoms with Gasteiger partial charge in [-0.15, -0.1) is 11.8 Å². The summed E-state index contributed by atoms with van der Waals surface area (Å²) in [4.78, 5) is 11.6. The molecule has 0 N–H and O–H groups in total. The molecule has 0 bridgehead atoms. The van der Waals surface area contributed by atoms with Crippen LogP contribution in [0.4, 0.5) is 4.39 Å². The van der Waals surface area contributed by atoms with Crippen LogP contribution in [-0.4, -0.2) is 24.2 Å². The third kappa shape index (κ3) is 2.38. The summed E-state index contributed by atoms with van der Waals surface area (Å²) < 4.78 is 18.5. The zero-order chi connectivity index (χ0) is 10.8. The second-order valence-corrected chi connectivity index (χ2v) is 4.82.